The van der Waals surface area contributed by atoms with E-state index in [0.717, 1.165) is 44.2 Å². The Kier molecular flexibility index (Phi) is 2.33. The van der Waals surface area contributed by atoms with Gasteiger partial charge in [-0.05, 0) is 18.6 Å². The predicted octanol–water partition coefficient (Wildman–Crippen LogP) is 0.442. The van der Waals surface area contributed by atoms with Crippen LogP contribution < -0.4 is 10.2 Å². The third-order valence-electron chi connectivity index (χ3n) is 3.23. The number of ether oxygens (including phenoxy) is 1. The van der Waals surface area contributed by atoms with Gasteiger partial charge in [-0.15, -0.1) is 0 Å². The summed E-state index contributed by atoms with van der Waals surface area (Å²) in [4.78, 5) is 6.61. The highest BCUT2D eigenvalue weighted by atomic mass is 16.5. The summed E-state index contributed by atoms with van der Waals surface area (Å²) in [5.74, 6) is 1.02. The van der Waals surface area contributed by atoms with Crippen molar-refractivity contribution in [2.45, 2.75) is 5.60 Å². The first-order chi connectivity index (χ1) is 7.77. The standard InChI is InChI=1S/C12H16N3O/c1-10-2-3-11(14-6-10)15-8-12(9-15)7-13-4-5-16-12/h2-3,6,13H,1,4-5,7-9H2. The predicted molar refractivity (Wildman–Crippen MR) is 62.5 cm³/mol. The van der Waals surface area contributed by atoms with E-state index in [-0.39, 0.29) is 5.60 Å². The Morgan fingerprint density at radius 3 is 2.94 bits per heavy atom. The molecule has 2 fully saturated rings. The molecule has 0 aliphatic carbocycles. The van der Waals surface area contributed by atoms with Crippen LogP contribution in [0.1, 0.15) is 5.56 Å². The number of rotatable bonds is 1. The van der Waals surface area contributed by atoms with Gasteiger partial charge in [0.25, 0.3) is 0 Å². The highest BCUT2D eigenvalue weighted by Crippen LogP contribution is 2.29. The van der Waals surface area contributed by atoms with Gasteiger partial charge >= 0.3 is 0 Å². The Morgan fingerprint density at radius 1 is 1.44 bits per heavy atom. The van der Waals surface area contributed by atoms with E-state index in [1.807, 2.05) is 12.1 Å². The van der Waals surface area contributed by atoms with Crippen LogP contribution >= 0.6 is 0 Å². The molecule has 3 rings (SSSR count). The molecule has 2 saturated heterocycles. The minimum atomic E-state index is 0.0308. The summed E-state index contributed by atoms with van der Waals surface area (Å²) in [6.07, 6.45) is 1.81. The second-order valence-corrected chi connectivity index (χ2v) is 4.59. The second kappa shape index (κ2) is 3.71. The minimum absolute atomic E-state index is 0.0308. The van der Waals surface area contributed by atoms with Crippen molar-refractivity contribution in [2.24, 2.45) is 0 Å². The maximum Gasteiger partial charge on any atom is 0.128 e. The molecule has 4 nitrogen and oxygen atoms in total. The fraction of sp³-hybridized carbons (Fsp3) is 0.500. The molecule has 1 radical (unpaired) electrons. The smallest absolute Gasteiger partial charge is 0.128 e. The molecule has 1 aromatic heterocycles. The summed E-state index contributed by atoms with van der Waals surface area (Å²) in [5.41, 5.74) is 0.984. The van der Waals surface area contributed by atoms with Gasteiger partial charge in [-0.25, -0.2) is 4.98 Å². The number of aromatic nitrogens is 1. The first-order valence-electron chi connectivity index (χ1n) is 5.65. The van der Waals surface area contributed by atoms with Crippen LogP contribution in [0.25, 0.3) is 0 Å². The van der Waals surface area contributed by atoms with Crippen LogP contribution in [0.2, 0.25) is 0 Å². The van der Waals surface area contributed by atoms with Crippen molar-refractivity contribution in [3.63, 3.8) is 0 Å². The summed E-state index contributed by atoms with van der Waals surface area (Å²) in [6.45, 7) is 8.44. The molecule has 85 valence electrons. The minimum Gasteiger partial charge on any atom is -0.369 e. The Balaban J connectivity index is 1.66. The fourth-order valence-corrected chi connectivity index (χ4v) is 2.33. The van der Waals surface area contributed by atoms with Crippen LogP contribution in [-0.2, 0) is 4.74 Å². The van der Waals surface area contributed by atoms with Crippen LogP contribution in [0.5, 0.6) is 0 Å². The summed E-state index contributed by atoms with van der Waals surface area (Å²) in [6, 6.07) is 4.01. The van der Waals surface area contributed by atoms with Crippen LogP contribution in [0.4, 0.5) is 5.82 Å². The molecule has 16 heavy (non-hydrogen) atoms. The lowest BCUT2D eigenvalue weighted by Gasteiger charge is -2.52. The van der Waals surface area contributed by atoms with Gasteiger partial charge in [-0.1, -0.05) is 6.07 Å². The molecule has 1 N–H and O–H groups in total. The van der Waals surface area contributed by atoms with Gasteiger partial charge in [0.1, 0.15) is 11.4 Å². The summed E-state index contributed by atoms with van der Waals surface area (Å²) in [7, 11) is 0. The largest absolute Gasteiger partial charge is 0.369 e. The topological polar surface area (TPSA) is 37.4 Å². The molecule has 4 heteroatoms. The van der Waals surface area contributed by atoms with E-state index in [0.29, 0.717) is 0 Å². The monoisotopic (exact) mass is 218 g/mol. The van der Waals surface area contributed by atoms with Crippen molar-refractivity contribution in [2.75, 3.05) is 37.7 Å². The molecule has 3 heterocycles. The van der Waals surface area contributed by atoms with E-state index < -0.39 is 0 Å². The van der Waals surface area contributed by atoms with Gasteiger partial charge in [0.15, 0.2) is 0 Å². The van der Waals surface area contributed by atoms with Gasteiger partial charge in [0.2, 0.25) is 0 Å². The van der Waals surface area contributed by atoms with Crippen molar-refractivity contribution >= 4 is 5.82 Å². The van der Waals surface area contributed by atoms with Crippen LogP contribution in [0, 0.1) is 6.92 Å². The molecule has 0 atom stereocenters. The summed E-state index contributed by atoms with van der Waals surface area (Å²) < 4.78 is 5.83. The highest BCUT2D eigenvalue weighted by molar-refractivity contribution is 5.45. The average molecular weight is 218 g/mol. The SMILES string of the molecule is [CH2]c1ccc(N2CC3(CNCCO3)C2)nc1. The van der Waals surface area contributed by atoms with E-state index in [2.05, 4.69) is 22.1 Å². The molecule has 0 amide bonds. The van der Waals surface area contributed by atoms with Gasteiger partial charge in [0.05, 0.1) is 19.7 Å². The lowest BCUT2D eigenvalue weighted by atomic mass is 9.92. The van der Waals surface area contributed by atoms with Gasteiger partial charge in [-0.2, -0.15) is 0 Å². The van der Waals surface area contributed by atoms with Crippen LogP contribution in [0.3, 0.4) is 0 Å². The van der Waals surface area contributed by atoms with E-state index in [1.54, 1.807) is 6.20 Å². The quantitative estimate of drug-likeness (QED) is 0.742. The molecular formula is C12H16N3O. The third kappa shape index (κ3) is 1.68. The van der Waals surface area contributed by atoms with Crippen molar-refractivity contribution in [1.82, 2.24) is 10.3 Å². The number of hydrogen-bond donors (Lipinski definition) is 1. The second-order valence-electron chi connectivity index (χ2n) is 4.59. The molecule has 0 saturated carbocycles. The Morgan fingerprint density at radius 2 is 2.31 bits per heavy atom. The molecule has 0 aromatic carbocycles. The zero-order chi connectivity index (χ0) is 11.0. The molecule has 0 unspecified atom stereocenters. The number of anilines is 1. The van der Waals surface area contributed by atoms with Gasteiger partial charge < -0.3 is 15.0 Å². The maximum absolute atomic E-state index is 5.83. The number of nitrogens with zero attached hydrogens (tertiary/aromatic N) is 2. The molecule has 1 spiro atoms. The molecule has 1 aromatic rings. The molecule has 2 aliphatic rings. The molecule has 0 bridgehead atoms. The average Bonchev–Trinajstić information content (AvgIpc) is 2.28. The van der Waals surface area contributed by atoms with E-state index in [4.69, 9.17) is 4.74 Å². The number of hydrogen-bond acceptors (Lipinski definition) is 4. The van der Waals surface area contributed by atoms with Crippen molar-refractivity contribution in [3.05, 3.63) is 30.8 Å². The van der Waals surface area contributed by atoms with Crippen LogP contribution in [-0.4, -0.2) is 43.4 Å². The first-order valence-corrected chi connectivity index (χ1v) is 5.65. The lowest BCUT2D eigenvalue weighted by Crippen LogP contribution is -2.70. The zero-order valence-electron chi connectivity index (χ0n) is 9.28. The normalized spacial score (nSPS) is 23.2. The zero-order valence-corrected chi connectivity index (χ0v) is 9.28. The van der Waals surface area contributed by atoms with E-state index in [1.165, 1.54) is 0 Å². The van der Waals surface area contributed by atoms with Crippen molar-refractivity contribution in [1.29, 1.82) is 0 Å². The van der Waals surface area contributed by atoms with Crippen molar-refractivity contribution in [3.8, 4) is 0 Å². The molecular weight excluding hydrogens is 202 g/mol. The first kappa shape index (κ1) is 10.1. The number of pyridine rings is 1. The summed E-state index contributed by atoms with van der Waals surface area (Å²) in [5, 5.41) is 3.38. The Hall–Kier alpha value is -1.13. The van der Waals surface area contributed by atoms with Crippen molar-refractivity contribution < 1.29 is 4.74 Å². The Labute approximate surface area is 95.6 Å². The third-order valence-corrected chi connectivity index (χ3v) is 3.23. The van der Waals surface area contributed by atoms with Gasteiger partial charge in [-0.3, -0.25) is 0 Å². The fourth-order valence-electron chi connectivity index (χ4n) is 2.33. The number of morpholine rings is 1. The summed E-state index contributed by atoms with van der Waals surface area (Å²) >= 11 is 0. The maximum atomic E-state index is 5.83. The van der Waals surface area contributed by atoms with Gasteiger partial charge in [0, 0.05) is 19.3 Å². The lowest BCUT2D eigenvalue weighted by molar-refractivity contribution is -0.0831. The Bertz CT molecular complexity index is 362. The van der Waals surface area contributed by atoms with E-state index in [9.17, 15) is 0 Å². The number of nitrogens with one attached hydrogen (secondary N) is 1. The van der Waals surface area contributed by atoms with E-state index >= 15 is 0 Å². The molecule has 2 aliphatic heterocycles. The van der Waals surface area contributed by atoms with Crippen LogP contribution in [0.15, 0.2) is 18.3 Å². The highest BCUT2D eigenvalue weighted by Gasteiger charge is 2.45.